The minimum atomic E-state index is -0.861. The largest absolute Gasteiger partial charge is 0.477 e. The molecule has 2 N–H and O–H groups in total. The van der Waals surface area contributed by atoms with Crippen LogP contribution in [-0.4, -0.2) is 17.3 Å². The van der Waals surface area contributed by atoms with Crippen LogP contribution in [0.15, 0.2) is 40.6 Å². The molecule has 0 aliphatic heterocycles. The van der Waals surface area contributed by atoms with E-state index in [2.05, 4.69) is 11.4 Å². The van der Waals surface area contributed by atoms with E-state index in [0.29, 0.717) is 11.4 Å². The number of hydrogen-bond acceptors (Lipinski definition) is 4. The number of carboxylic acid groups (broad SMARTS) is 1. The number of hydrogen-bond donors (Lipinski definition) is 2. The van der Waals surface area contributed by atoms with E-state index in [1.54, 1.807) is 17.1 Å². The van der Waals surface area contributed by atoms with Crippen molar-refractivity contribution in [2.45, 2.75) is 11.4 Å². The average molecular weight is 279 g/mol. The van der Waals surface area contributed by atoms with Crippen molar-refractivity contribution in [2.24, 2.45) is 0 Å². The molecule has 1 heterocycles. The van der Waals surface area contributed by atoms with E-state index in [0.717, 1.165) is 11.3 Å². The van der Waals surface area contributed by atoms with Gasteiger partial charge in [0.1, 0.15) is 4.88 Å². The second-order valence-corrected chi connectivity index (χ2v) is 5.46. The SMILES string of the molecule is CSc1cccc(NCc2ccsc2C(=O)O)c1. The molecule has 2 aromatic rings. The van der Waals surface area contributed by atoms with Crippen LogP contribution in [-0.2, 0) is 6.54 Å². The maximum Gasteiger partial charge on any atom is 0.346 e. The monoisotopic (exact) mass is 279 g/mol. The van der Waals surface area contributed by atoms with Gasteiger partial charge in [0.05, 0.1) is 0 Å². The lowest BCUT2D eigenvalue weighted by Gasteiger charge is -2.07. The van der Waals surface area contributed by atoms with E-state index < -0.39 is 5.97 Å². The Morgan fingerprint density at radius 1 is 1.44 bits per heavy atom. The number of aromatic carboxylic acids is 1. The van der Waals surface area contributed by atoms with Gasteiger partial charge < -0.3 is 10.4 Å². The smallest absolute Gasteiger partial charge is 0.346 e. The molecule has 0 spiro atoms. The summed E-state index contributed by atoms with van der Waals surface area (Å²) in [4.78, 5) is 12.6. The molecule has 0 saturated heterocycles. The molecule has 0 unspecified atom stereocenters. The van der Waals surface area contributed by atoms with Crippen molar-refractivity contribution in [3.63, 3.8) is 0 Å². The fraction of sp³-hybridized carbons (Fsp3) is 0.154. The van der Waals surface area contributed by atoms with E-state index >= 15 is 0 Å². The number of anilines is 1. The third kappa shape index (κ3) is 3.05. The summed E-state index contributed by atoms with van der Waals surface area (Å²) in [5.41, 5.74) is 1.83. The number of nitrogens with one attached hydrogen (secondary N) is 1. The van der Waals surface area contributed by atoms with Gasteiger partial charge in [-0.05, 0) is 41.5 Å². The van der Waals surface area contributed by atoms with Gasteiger partial charge >= 0.3 is 5.97 Å². The molecule has 1 aromatic carbocycles. The summed E-state index contributed by atoms with van der Waals surface area (Å²) in [6, 6.07) is 9.91. The number of rotatable bonds is 5. The topological polar surface area (TPSA) is 49.3 Å². The highest BCUT2D eigenvalue weighted by atomic mass is 32.2. The number of carbonyl (C=O) groups is 1. The molecule has 5 heteroatoms. The molecule has 0 aliphatic carbocycles. The van der Waals surface area contributed by atoms with Crippen LogP contribution in [0.3, 0.4) is 0 Å². The van der Waals surface area contributed by atoms with Crippen molar-refractivity contribution in [1.82, 2.24) is 0 Å². The van der Waals surface area contributed by atoms with E-state index in [-0.39, 0.29) is 0 Å². The third-order valence-electron chi connectivity index (χ3n) is 2.49. The molecule has 0 saturated carbocycles. The Balaban J connectivity index is 2.06. The molecule has 0 atom stereocenters. The van der Waals surface area contributed by atoms with Gasteiger partial charge in [0.2, 0.25) is 0 Å². The van der Waals surface area contributed by atoms with E-state index in [9.17, 15) is 4.79 Å². The molecule has 0 fully saturated rings. The summed E-state index contributed by atoms with van der Waals surface area (Å²) in [5.74, 6) is -0.861. The molecular formula is C13H13NO2S2. The van der Waals surface area contributed by atoms with Crippen LogP contribution in [0.4, 0.5) is 5.69 Å². The molecule has 1 aromatic heterocycles. The van der Waals surface area contributed by atoms with E-state index in [1.165, 1.54) is 16.2 Å². The van der Waals surface area contributed by atoms with Gasteiger partial charge in [0.15, 0.2) is 0 Å². The second-order valence-electron chi connectivity index (χ2n) is 3.67. The molecule has 18 heavy (non-hydrogen) atoms. The lowest BCUT2D eigenvalue weighted by atomic mass is 10.2. The minimum absolute atomic E-state index is 0.406. The van der Waals surface area contributed by atoms with Crippen LogP contribution in [0.25, 0.3) is 0 Å². The lowest BCUT2D eigenvalue weighted by Crippen LogP contribution is -2.03. The van der Waals surface area contributed by atoms with Gasteiger partial charge in [-0.3, -0.25) is 0 Å². The van der Waals surface area contributed by atoms with E-state index in [1.807, 2.05) is 30.5 Å². The first-order valence-electron chi connectivity index (χ1n) is 5.38. The highest BCUT2D eigenvalue weighted by molar-refractivity contribution is 7.98. The number of benzene rings is 1. The van der Waals surface area contributed by atoms with Gasteiger partial charge in [-0.15, -0.1) is 23.1 Å². The van der Waals surface area contributed by atoms with E-state index in [4.69, 9.17) is 5.11 Å². The maximum absolute atomic E-state index is 11.0. The Labute approximate surface area is 114 Å². The minimum Gasteiger partial charge on any atom is -0.477 e. The fourth-order valence-corrected chi connectivity index (χ4v) is 2.81. The zero-order valence-electron chi connectivity index (χ0n) is 9.84. The van der Waals surface area contributed by atoms with Gasteiger partial charge in [0, 0.05) is 17.1 Å². The Bertz CT molecular complexity index is 551. The van der Waals surface area contributed by atoms with Crippen molar-refractivity contribution in [3.05, 3.63) is 46.2 Å². The maximum atomic E-state index is 11.0. The Kier molecular flexibility index (Phi) is 4.28. The first-order valence-corrected chi connectivity index (χ1v) is 7.48. The summed E-state index contributed by atoms with van der Waals surface area (Å²) in [6.45, 7) is 0.531. The van der Waals surface area contributed by atoms with Crippen molar-refractivity contribution in [1.29, 1.82) is 0 Å². The van der Waals surface area contributed by atoms with Crippen LogP contribution < -0.4 is 5.32 Å². The lowest BCUT2D eigenvalue weighted by molar-refractivity contribution is 0.0701. The highest BCUT2D eigenvalue weighted by Crippen LogP contribution is 2.21. The third-order valence-corrected chi connectivity index (χ3v) is 4.16. The Morgan fingerprint density at radius 2 is 2.28 bits per heavy atom. The summed E-state index contributed by atoms with van der Waals surface area (Å²) >= 11 is 2.94. The first-order chi connectivity index (χ1) is 8.70. The van der Waals surface area contributed by atoms with Crippen molar-refractivity contribution < 1.29 is 9.90 Å². The molecule has 0 amide bonds. The van der Waals surface area contributed by atoms with Gasteiger partial charge in [-0.2, -0.15) is 0 Å². The normalized spacial score (nSPS) is 10.3. The Morgan fingerprint density at radius 3 is 3.00 bits per heavy atom. The zero-order valence-corrected chi connectivity index (χ0v) is 11.5. The molecule has 0 radical (unpaired) electrons. The quantitative estimate of drug-likeness (QED) is 0.818. The molecule has 0 aliphatic rings. The predicted octanol–water partition coefficient (Wildman–Crippen LogP) is 3.78. The summed E-state index contributed by atoms with van der Waals surface area (Å²) < 4.78 is 0. The van der Waals surface area contributed by atoms with Crippen LogP contribution in [0.5, 0.6) is 0 Å². The van der Waals surface area contributed by atoms with Gasteiger partial charge in [0.25, 0.3) is 0 Å². The van der Waals surface area contributed by atoms with Crippen LogP contribution in [0.1, 0.15) is 15.2 Å². The summed E-state index contributed by atoms with van der Waals surface area (Å²) in [7, 11) is 0. The molecule has 0 bridgehead atoms. The summed E-state index contributed by atoms with van der Waals surface area (Å²) in [6.07, 6.45) is 2.03. The van der Waals surface area contributed by atoms with Crippen molar-refractivity contribution >= 4 is 34.8 Å². The van der Waals surface area contributed by atoms with Gasteiger partial charge in [-0.1, -0.05) is 6.07 Å². The second kappa shape index (κ2) is 5.93. The van der Waals surface area contributed by atoms with Crippen LogP contribution in [0.2, 0.25) is 0 Å². The first kappa shape index (κ1) is 13.0. The van der Waals surface area contributed by atoms with Crippen LogP contribution in [0, 0.1) is 0 Å². The van der Waals surface area contributed by atoms with Crippen molar-refractivity contribution in [2.75, 3.05) is 11.6 Å². The number of thiophene rings is 1. The molecule has 3 nitrogen and oxygen atoms in total. The fourth-order valence-electron chi connectivity index (χ4n) is 1.59. The molecule has 2 rings (SSSR count). The van der Waals surface area contributed by atoms with Gasteiger partial charge in [-0.25, -0.2) is 4.79 Å². The number of thioether (sulfide) groups is 1. The predicted molar refractivity (Wildman–Crippen MR) is 76.8 cm³/mol. The highest BCUT2D eigenvalue weighted by Gasteiger charge is 2.10. The molecular weight excluding hydrogens is 266 g/mol. The number of carboxylic acids is 1. The Hall–Kier alpha value is -1.46. The summed E-state index contributed by atoms with van der Waals surface area (Å²) in [5, 5.41) is 14.1. The van der Waals surface area contributed by atoms with Crippen LogP contribution >= 0.6 is 23.1 Å². The molecule has 94 valence electrons. The average Bonchev–Trinajstić information content (AvgIpc) is 2.85. The standard InChI is InChI=1S/C13H13NO2S2/c1-17-11-4-2-3-10(7-11)14-8-9-5-6-18-12(9)13(15)16/h2-7,14H,8H2,1H3,(H,15,16). The zero-order chi connectivity index (χ0) is 13.0. The van der Waals surface area contributed by atoms with Crippen molar-refractivity contribution in [3.8, 4) is 0 Å².